The zero-order valence-corrected chi connectivity index (χ0v) is 15.0. The van der Waals surface area contributed by atoms with Gasteiger partial charge in [0.25, 0.3) is 0 Å². The number of rotatable bonds is 5. The van der Waals surface area contributed by atoms with Gasteiger partial charge >= 0.3 is 0 Å². The first kappa shape index (κ1) is 17.7. The third kappa shape index (κ3) is 4.29. The highest BCUT2D eigenvalue weighted by Gasteiger charge is 2.41. The molecule has 1 atom stereocenters. The van der Waals surface area contributed by atoms with Gasteiger partial charge in [-0.1, -0.05) is 23.7 Å². The Kier molecular flexibility index (Phi) is 5.80. The van der Waals surface area contributed by atoms with E-state index in [4.69, 9.17) is 16.7 Å². The molecule has 1 N–H and O–H groups in total. The topological polar surface area (TPSA) is 43.8 Å². The van der Waals surface area contributed by atoms with Crippen LogP contribution in [0.4, 0.5) is 0 Å². The third-order valence-corrected chi connectivity index (χ3v) is 5.61. The summed E-state index contributed by atoms with van der Waals surface area (Å²) in [5, 5.41) is 9.85. The molecule has 2 aliphatic rings. The average molecular weight is 351 g/mol. The number of carbonyl (C=O) groups is 1. The molecule has 1 aromatic rings. The normalized spacial score (nSPS) is 25.4. The quantitative estimate of drug-likeness (QED) is 0.888. The fraction of sp³-hybridized carbons (Fsp3) is 0.632. The van der Waals surface area contributed by atoms with Crippen LogP contribution < -0.4 is 0 Å². The predicted molar refractivity (Wildman–Crippen MR) is 95.9 cm³/mol. The van der Waals surface area contributed by atoms with Crippen molar-refractivity contribution in [3.05, 3.63) is 34.9 Å². The number of aliphatic hydroxyl groups excluding tert-OH is 1. The van der Waals surface area contributed by atoms with E-state index in [1.807, 2.05) is 23.1 Å². The molecule has 2 saturated heterocycles. The Balaban J connectivity index is 1.64. The van der Waals surface area contributed by atoms with E-state index in [1.165, 1.54) is 18.4 Å². The Morgan fingerprint density at radius 3 is 2.92 bits per heavy atom. The van der Waals surface area contributed by atoms with Gasteiger partial charge in [-0.05, 0) is 49.9 Å². The standard InChI is InChI=1S/C19H27ClN2O2/c20-17-5-1-4-16(12-17)13-21-9-2-7-19(14-21)8-6-18(24)22(15-19)10-3-11-23/h1,4-5,12,23H,2-3,6-11,13-15H2. The van der Waals surface area contributed by atoms with Crippen molar-refractivity contribution in [2.24, 2.45) is 5.41 Å². The van der Waals surface area contributed by atoms with Crippen LogP contribution in [-0.2, 0) is 11.3 Å². The van der Waals surface area contributed by atoms with Gasteiger partial charge in [0.2, 0.25) is 5.91 Å². The fourth-order valence-electron chi connectivity index (χ4n) is 4.24. The van der Waals surface area contributed by atoms with Crippen molar-refractivity contribution in [3.63, 3.8) is 0 Å². The number of carbonyl (C=O) groups excluding carboxylic acids is 1. The Morgan fingerprint density at radius 2 is 2.12 bits per heavy atom. The van der Waals surface area contributed by atoms with Gasteiger partial charge in [0.15, 0.2) is 0 Å². The van der Waals surface area contributed by atoms with Gasteiger partial charge in [-0.2, -0.15) is 0 Å². The average Bonchev–Trinajstić information content (AvgIpc) is 2.56. The highest BCUT2D eigenvalue weighted by atomic mass is 35.5. The van der Waals surface area contributed by atoms with Crippen molar-refractivity contribution in [2.45, 2.75) is 38.6 Å². The smallest absolute Gasteiger partial charge is 0.222 e. The van der Waals surface area contributed by atoms with Crippen LogP contribution in [0.25, 0.3) is 0 Å². The zero-order valence-electron chi connectivity index (χ0n) is 14.2. The Morgan fingerprint density at radius 1 is 1.25 bits per heavy atom. The molecule has 0 bridgehead atoms. The van der Waals surface area contributed by atoms with Gasteiger partial charge in [0, 0.05) is 49.6 Å². The molecule has 3 rings (SSSR count). The van der Waals surface area contributed by atoms with E-state index in [2.05, 4.69) is 11.0 Å². The number of aliphatic hydroxyl groups is 1. The predicted octanol–water partition coefficient (Wildman–Crippen LogP) is 2.93. The van der Waals surface area contributed by atoms with Crippen molar-refractivity contribution >= 4 is 17.5 Å². The van der Waals surface area contributed by atoms with Crippen molar-refractivity contribution < 1.29 is 9.90 Å². The second-order valence-electron chi connectivity index (χ2n) is 7.34. The summed E-state index contributed by atoms with van der Waals surface area (Å²) in [6.07, 6.45) is 4.70. The second kappa shape index (κ2) is 7.85. The molecule has 132 valence electrons. The maximum atomic E-state index is 12.2. The van der Waals surface area contributed by atoms with Crippen LogP contribution >= 0.6 is 11.6 Å². The van der Waals surface area contributed by atoms with Crippen LogP contribution in [0.3, 0.4) is 0 Å². The summed E-state index contributed by atoms with van der Waals surface area (Å²) in [5.74, 6) is 0.251. The third-order valence-electron chi connectivity index (χ3n) is 5.37. The minimum Gasteiger partial charge on any atom is -0.396 e. The highest BCUT2D eigenvalue weighted by Crippen LogP contribution is 2.39. The number of amides is 1. The van der Waals surface area contributed by atoms with Crippen LogP contribution in [-0.4, -0.2) is 53.6 Å². The van der Waals surface area contributed by atoms with Crippen LogP contribution in [0.15, 0.2) is 24.3 Å². The highest BCUT2D eigenvalue weighted by molar-refractivity contribution is 6.30. The minimum atomic E-state index is 0.150. The van der Waals surface area contributed by atoms with E-state index >= 15 is 0 Å². The summed E-state index contributed by atoms with van der Waals surface area (Å²) in [7, 11) is 0. The maximum absolute atomic E-state index is 12.2. The molecule has 2 heterocycles. The number of likely N-dealkylation sites (tertiary alicyclic amines) is 2. The lowest BCUT2D eigenvalue weighted by atomic mass is 9.73. The second-order valence-corrected chi connectivity index (χ2v) is 7.77. The van der Waals surface area contributed by atoms with E-state index in [-0.39, 0.29) is 17.9 Å². The summed E-state index contributed by atoms with van der Waals surface area (Å²) in [6, 6.07) is 8.09. The van der Waals surface area contributed by atoms with E-state index in [0.29, 0.717) is 19.4 Å². The molecular weight excluding hydrogens is 324 g/mol. The lowest BCUT2D eigenvalue weighted by Crippen LogP contribution is -2.54. The number of halogens is 1. The molecule has 2 fully saturated rings. The van der Waals surface area contributed by atoms with Gasteiger partial charge < -0.3 is 10.0 Å². The van der Waals surface area contributed by atoms with E-state index in [0.717, 1.165) is 37.6 Å². The van der Waals surface area contributed by atoms with E-state index in [1.54, 1.807) is 0 Å². The van der Waals surface area contributed by atoms with Crippen molar-refractivity contribution in [1.29, 1.82) is 0 Å². The monoisotopic (exact) mass is 350 g/mol. The van der Waals surface area contributed by atoms with E-state index in [9.17, 15) is 4.79 Å². The molecule has 1 unspecified atom stereocenters. The number of nitrogens with zero attached hydrogens (tertiary/aromatic N) is 2. The lowest BCUT2D eigenvalue weighted by molar-refractivity contribution is -0.139. The molecule has 1 amide bonds. The number of hydrogen-bond acceptors (Lipinski definition) is 3. The number of hydrogen-bond donors (Lipinski definition) is 1. The first-order valence-corrected chi connectivity index (χ1v) is 9.33. The van der Waals surface area contributed by atoms with Crippen LogP contribution in [0, 0.1) is 5.41 Å². The molecule has 4 nitrogen and oxygen atoms in total. The molecule has 1 spiro atoms. The largest absolute Gasteiger partial charge is 0.396 e. The van der Waals surface area contributed by atoms with Gasteiger partial charge in [-0.3, -0.25) is 9.69 Å². The van der Waals surface area contributed by atoms with Crippen LogP contribution in [0.2, 0.25) is 5.02 Å². The fourth-order valence-corrected chi connectivity index (χ4v) is 4.45. The molecule has 0 saturated carbocycles. The SMILES string of the molecule is O=C1CCC2(CCCN(Cc3cccc(Cl)c3)C2)CN1CCCO. The summed E-state index contributed by atoms with van der Waals surface area (Å²) < 4.78 is 0. The van der Waals surface area contributed by atoms with Gasteiger partial charge in [0.1, 0.15) is 0 Å². The van der Waals surface area contributed by atoms with Crippen LogP contribution in [0.5, 0.6) is 0 Å². The van der Waals surface area contributed by atoms with Gasteiger partial charge in [0.05, 0.1) is 0 Å². The Bertz CT molecular complexity index is 580. The van der Waals surface area contributed by atoms with Gasteiger partial charge in [-0.15, -0.1) is 0 Å². The first-order valence-electron chi connectivity index (χ1n) is 8.96. The minimum absolute atomic E-state index is 0.150. The molecule has 0 radical (unpaired) electrons. The van der Waals surface area contributed by atoms with Crippen molar-refractivity contribution in [3.8, 4) is 0 Å². The summed E-state index contributed by atoms with van der Waals surface area (Å²) in [6.45, 7) is 4.76. The van der Waals surface area contributed by atoms with Crippen molar-refractivity contribution in [1.82, 2.24) is 9.80 Å². The Hall–Kier alpha value is -1.10. The molecule has 2 aliphatic heterocycles. The van der Waals surface area contributed by atoms with E-state index < -0.39 is 0 Å². The summed E-state index contributed by atoms with van der Waals surface area (Å²) in [5.41, 5.74) is 1.48. The molecular formula is C19H27ClN2O2. The van der Waals surface area contributed by atoms with Gasteiger partial charge in [-0.25, -0.2) is 0 Å². The molecule has 1 aromatic carbocycles. The number of benzene rings is 1. The lowest BCUT2D eigenvalue weighted by Gasteiger charge is -2.48. The zero-order chi connectivity index (χ0) is 17.0. The van der Waals surface area contributed by atoms with Crippen molar-refractivity contribution in [2.75, 3.05) is 32.8 Å². The summed E-state index contributed by atoms with van der Waals surface area (Å²) in [4.78, 5) is 16.6. The number of piperidine rings is 2. The molecule has 5 heteroatoms. The Labute approximate surface area is 149 Å². The van der Waals surface area contributed by atoms with Crippen LogP contribution in [0.1, 0.15) is 37.7 Å². The summed E-state index contributed by atoms with van der Waals surface area (Å²) >= 11 is 6.11. The molecule has 24 heavy (non-hydrogen) atoms. The molecule has 0 aliphatic carbocycles. The maximum Gasteiger partial charge on any atom is 0.222 e. The molecule has 0 aromatic heterocycles. The first-order chi connectivity index (χ1) is 11.6.